The molecule has 0 bridgehead atoms. The average Bonchev–Trinajstić information content (AvgIpc) is 3.39. The lowest BCUT2D eigenvalue weighted by molar-refractivity contribution is 0.804. The van der Waals surface area contributed by atoms with E-state index in [2.05, 4.69) is 69.4 Å². The summed E-state index contributed by atoms with van der Waals surface area (Å²) in [6.07, 6.45) is 4.68. The SMILES string of the molecule is CCCCc1cc2sc(N=Nc3ccc(N=Nc4ccc(N(C)CCC)cc4)cc3)nc2s1. The first kappa shape index (κ1) is 23.2. The van der Waals surface area contributed by atoms with Gasteiger partial charge in [0.15, 0.2) is 0 Å². The van der Waals surface area contributed by atoms with Crippen molar-refractivity contribution >= 4 is 60.1 Å². The Morgan fingerprint density at radius 3 is 1.97 bits per heavy atom. The lowest BCUT2D eigenvalue weighted by atomic mass is 10.2. The molecule has 0 saturated carbocycles. The van der Waals surface area contributed by atoms with Crippen LogP contribution < -0.4 is 4.90 Å². The first-order valence-corrected chi connectivity index (χ1v) is 12.9. The van der Waals surface area contributed by atoms with E-state index in [0.29, 0.717) is 5.13 Å². The molecule has 33 heavy (non-hydrogen) atoms. The molecule has 4 aromatic rings. The van der Waals surface area contributed by atoms with Crippen molar-refractivity contribution in [2.45, 2.75) is 39.5 Å². The second kappa shape index (κ2) is 11.2. The third kappa shape index (κ3) is 6.30. The highest BCUT2D eigenvalue weighted by molar-refractivity contribution is 7.28. The third-order valence-electron chi connectivity index (χ3n) is 5.14. The molecule has 0 aliphatic rings. The standard InChI is InChI=1S/C25H28N6S2/c1-4-6-7-22-17-23-24(32-22)26-25(33-23)30-29-19-10-8-18(9-11-19)27-28-20-12-14-21(15-13-20)31(3)16-5-2/h8-15,17H,4-7,16H2,1-3H3. The van der Waals surface area contributed by atoms with E-state index in [1.54, 1.807) is 22.7 Å². The van der Waals surface area contributed by atoms with Crippen LogP contribution in [0.4, 0.5) is 27.9 Å². The fourth-order valence-corrected chi connectivity index (χ4v) is 5.42. The van der Waals surface area contributed by atoms with E-state index in [1.807, 2.05) is 36.4 Å². The molecule has 8 heteroatoms. The van der Waals surface area contributed by atoms with E-state index in [0.717, 1.165) is 41.3 Å². The monoisotopic (exact) mass is 476 g/mol. The summed E-state index contributed by atoms with van der Waals surface area (Å²) in [6.45, 7) is 5.43. The minimum Gasteiger partial charge on any atom is -0.375 e. The molecule has 0 amide bonds. The number of hydrogen-bond acceptors (Lipinski definition) is 8. The normalized spacial score (nSPS) is 11.8. The summed E-state index contributed by atoms with van der Waals surface area (Å²) >= 11 is 3.35. The highest BCUT2D eigenvalue weighted by Gasteiger charge is 2.08. The lowest BCUT2D eigenvalue weighted by Crippen LogP contribution is -2.17. The van der Waals surface area contributed by atoms with Gasteiger partial charge in [-0.25, -0.2) is 4.98 Å². The van der Waals surface area contributed by atoms with E-state index in [-0.39, 0.29) is 0 Å². The molecular formula is C25H28N6S2. The number of anilines is 1. The lowest BCUT2D eigenvalue weighted by Gasteiger charge is -2.17. The Balaban J connectivity index is 1.35. The molecule has 6 nitrogen and oxygen atoms in total. The summed E-state index contributed by atoms with van der Waals surface area (Å²) in [5, 5.41) is 18.0. The van der Waals surface area contributed by atoms with Crippen molar-refractivity contribution in [3.8, 4) is 0 Å². The number of benzene rings is 2. The number of aryl methyl sites for hydroxylation is 1. The zero-order valence-electron chi connectivity index (χ0n) is 19.2. The number of unbranched alkanes of at least 4 members (excludes halogenated alkanes) is 1. The van der Waals surface area contributed by atoms with Gasteiger partial charge in [0.25, 0.3) is 0 Å². The van der Waals surface area contributed by atoms with Crippen molar-refractivity contribution in [2.24, 2.45) is 20.5 Å². The molecule has 0 saturated heterocycles. The number of fused-ring (bicyclic) bond motifs is 1. The molecule has 0 fully saturated rings. The van der Waals surface area contributed by atoms with Crippen LogP contribution in [0.25, 0.3) is 9.53 Å². The van der Waals surface area contributed by atoms with Crippen LogP contribution in [0.5, 0.6) is 0 Å². The molecular weight excluding hydrogens is 448 g/mol. The fraction of sp³-hybridized carbons (Fsp3) is 0.320. The van der Waals surface area contributed by atoms with Crippen molar-refractivity contribution in [1.29, 1.82) is 0 Å². The largest absolute Gasteiger partial charge is 0.375 e. The van der Waals surface area contributed by atoms with Crippen LogP contribution in [0.2, 0.25) is 0 Å². The topological polar surface area (TPSA) is 65.6 Å². The maximum Gasteiger partial charge on any atom is 0.231 e. The zero-order valence-corrected chi connectivity index (χ0v) is 20.9. The molecule has 0 radical (unpaired) electrons. The molecule has 2 heterocycles. The molecule has 0 unspecified atom stereocenters. The molecule has 2 aromatic carbocycles. The zero-order chi connectivity index (χ0) is 23.0. The predicted octanol–water partition coefficient (Wildman–Crippen LogP) is 9.38. The summed E-state index contributed by atoms with van der Waals surface area (Å²) < 4.78 is 1.20. The summed E-state index contributed by atoms with van der Waals surface area (Å²) in [6, 6.07) is 17.9. The van der Waals surface area contributed by atoms with Gasteiger partial charge in [-0.05, 0) is 73.9 Å². The summed E-state index contributed by atoms with van der Waals surface area (Å²) in [5.74, 6) is 0. The Kier molecular flexibility index (Phi) is 7.91. The minimum atomic E-state index is 0.690. The van der Waals surface area contributed by atoms with Crippen molar-refractivity contribution in [3.63, 3.8) is 0 Å². The molecule has 0 spiro atoms. The van der Waals surface area contributed by atoms with Gasteiger partial charge < -0.3 is 4.90 Å². The fourth-order valence-electron chi connectivity index (χ4n) is 3.33. The average molecular weight is 477 g/mol. The number of aromatic nitrogens is 1. The quantitative estimate of drug-likeness (QED) is 0.214. The first-order chi connectivity index (χ1) is 16.1. The number of thiazole rings is 1. The number of azo groups is 2. The number of hydrogen-bond donors (Lipinski definition) is 0. The van der Waals surface area contributed by atoms with Crippen LogP contribution in [0.3, 0.4) is 0 Å². The molecule has 4 rings (SSSR count). The second-order valence-electron chi connectivity index (χ2n) is 7.84. The summed E-state index contributed by atoms with van der Waals surface area (Å²) in [4.78, 5) is 9.29. The van der Waals surface area contributed by atoms with Crippen molar-refractivity contribution in [2.75, 3.05) is 18.5 Å². The van der Waals surface area contributed by atoms with E-state index in [4.69, 9.17) is 0 Å². The van der Waals surface area contributed by atoms with Crippen molar-refractivity contribution in [3.05, 3.63) is 59.5 Å². The third-order valence-corrected chi connectivity index (χ3v) is 7.24. The Labute approximate surface area is 202 Å². The molecule has 0 N–H and O–H groups in total. The van der Waals surface area contributed by atoms with Crippen molar-refractivity contribution < 1.29 is 0 Å². The Hall–Kier alpha value is -2.97. The Morgan fingerprint density at radius 2 is 1.39 bits per heavy atom. The molecule has 0 aliphatic heterocycles. The van der Waals surface area contributed by atoms with Gasteiger partial charge in [-0.15, -0.1) is 21.6 Å². The summed E-state index contributed by atoms with van der Waals surface area (Å²) in [5.41, 5.74) is 3.55. The van der Waals surface area contributed by atoms with E-state index >= 15 is 0 Å². The molecule has 0 atom stereocenters. The van der Waals surface area contributed by atoms with Crippen molar-refractivity contribution in [1.82, 2.24) is 4.98 Å². The number of thiophene rings is 1. The second-order valence-corrected chi connectivity index (χ2v) is 9.96. The van der Waals surface area contributed by atoms with Gasteiger partial charge in [-0.2, -0.15) is 10.2 Å². The van der Waals surface area contributed by atoms with Crippen LogP contribution in [0, 0.1) is 0 Å². The molecule has 0 aliphatic carbocycles. The first-order valence-electron chi connectivity index (χ1n) is 11.3. The maximum absolute atomic E-state index is 4.60. The van der Waals surface area contributed by atoms with Gasteiger partial charge in [0.1, 0.15) is 4.83 Å². The van der Waals surface area contributed by atoms with Crippen LogP contribution in [-0.4, -0.2) is 18.6 Å². The molecule has 2 aromatic heterocycles. The summed E-state index contributed by atoms with van der Waals surface area (Å²) in [7, 11) is 2.10. The van der Waals surface area contributed by atoms with Gasteiger partial charge in [-0.3, -0.25) is 0 Å². The van der Waals surface area contributed by atoms with Gasteiger partial charge in [-0.1, -0.05) is 31.6 Å². The van der Waals surface area contributed by atoms with Crippen LogP contribution in [-0.2, 0) is 6.42 Å². The van der Waals surface area contributed by atoms with E-state index in [9.17, 15) is 0 Å². The van der Waals surface area contributed by atoms with Gasteiger partial charge in [0, 0.05) is 24.2 Å². The maximum atomic E-state index is 4.60. The van der Waals surface area contributed by atoms with Gasteiger partial charge in [0.05, 0.1) is 21.8 Å². The highest BCUT2D eigenvalue weighted by Crippen LogP contribution is 2.35. The minimum absolute atomic E-state index is 0.690. The van der Waals surface area contributed by atoms with E-state index in [1.165, 1.54) is 28.1 Å². The predicted molar refractivity (Wildman–Crippen MR) is 141 cm³/mol. The van der Waals surface area contributed by atoms with Crippen LogP contribution in [0.1, 0.15) is 38.0 Å². The van der Waals surface area contributed by atoms with Gasteiger partial charge >= 0.3 is 0 Å². The van der Waals surface area contributed by atoms with Gasteiger partial charge in [0.2, 0.25) is 5.13 Å². The Bertz CT molecular complexity index is 1190. The highest BCUT2D eigenvalue weighted by atomic mass is 32.1. The smallest absolute Gasteiger partial charge is 0.231 e. The van der Waals surface area contributed by atoms with Crippen LogP contribution >= 0.6 is 22.7 Å². The van der Waals surface area contributed by atoms with Crippen LogP contribution in [0.15, 0.2) is 75.1 Å². The Morgan fingerprint density at radius 1 is 0.788 bits per heavy atom. The number of rotatable bonds is 10. The number of nitrogens with zero attached hydrogens (tertiary/aromatic N) is 6. The molecule has 170 valence electrons. The van der Waals surface area contributed by atoms with E-state index < -0.39 is 0 Å².